The Hall–Kier alpha value is -1.46. The van der Waals surface area contributed by atoms with Crippen molar-refractivity contribution in [3.8, 4) is 0 Å². The van der Waals surface area contributed by atoms with E-state index in [0.29, 0.717) is 0 Å². The zero-order valence-electron chi connectivity index (χ0n) is 10.9. The number of benzene rings is 1. The van der Waals surface area contributed by atoms with Gasteiger partial charge in [-0.15, -0.1) is 5.10 Å². The van der Waals surface area contributed by atoms with Crippen molar-refractivity contribution in [2.45, 2.75) is 25.9 Å². The van der Waals surface area contributed by atoms with Crippen molar-refractivity contribution in [3.63, 3.8) is 0 Å². The number of likely N-dealkylation sites (tertiary alicyclic amines) is 1. The molecule has 0 atom stereocenters. The highest BCUT2D eigenvalue weighted by atomic mass is 32.1. The van der Waals surface area contributed by atoms with E-state index in [-0.39, 0.29) is 0 Å². The van der Waals surface area contributed by atoms with Crippen LogP contribution in [0, 0.1) is 0 Å². The molecule has 1 aromatic heterocycles. The van der Waals surface area contributed by atoms with Gasteiger partial charge in [0.25, 0.3) is 0 Å². The second-order valence-electron chi connectivity index (χ2n) is 4.93. The van der Waals surface area contributed by atoms with Gasteiger partial charge in [0.05, 0.1) is 12.2 Å². The van der Waals surface area contributed by atoms with Gasteiger partial charge < -0.3 is 5.32 Å². The molecule has 1 aromatic carbocycles. The first-order valence-electron chi connectivity index (χ1n) is 6.71. The summed E-state index contributed by atoms with van der Waals surface area (Å²) >= 11 is 1.39. The van der Waals surface area contributed by atoms with Gasteiger partial charge >= 0.3 is 0 Å². The molecule has 0 bridgehead atoms. The molecule has 5 heteroatoms. The highest BCUT2D eigenvalue weighted by Gasteiger charge is 2.11. The third kappa shape index (κ3) is 3.52. The summed E-state index contributed by atoms with van der Waals surface area (Å²) in [7, 11) is 0. The normalized spacial score (nSPS) is 15.8. The molecule has 4 nitrogen and oxygen atoms in total. The maximum Gasteiger partial charge on any atom is 0.0946 e. The lowest BCUT2D eigenvalue weighted by Gasteiger charge is -2.15. The van der Waals surface area contributed by atoms with Crippen molar-refractivity contribution in [2.75, 3.05) is 18.4 Å². The van der Waals surface area contributed by atoms with E-state index < -0.39 is 0 Å². The topological polar surface area (TPSA) is 41.0 Å². The fraction of sp³-hybridized carbons (Fsp3) is 0.429. The first-order valence-corrected chi connectivity index (χ1v) is 7.55. The molecule has 0 spiro atoms. The Morgan fingerprint density at radius 3 is 2.95 bits per heavy atom. The van der Waals surface area contributed by atoms with E-state index in [0.717, 1.165) is 24.5 Å². The molecule has 0 saturated carbocycles. The number of hydrogen-bond donors (Lipinski definition) is 1. The minimum Gasteiger partial charge on any atom is -0.379 e. The highest BCUT2D eigenvalue weighted by molar-refractivity contribution is 7.03. The molecule has 19 heavy (non-hydrogen) atoms. The summed E-state index contributed by atoms with van der Waals surface area (Å²) in [5.74, 6) is 0. The van der Waals surface area contributed by atoms with Crippen LogP contribution in [-0.2, 0) is 13.1 Å². The molecule has 1 aliphatic heterocycles. The van der Waals surface area contributed by atoms with E-state index in [9.17, 15) is 0 Å². The van der Waals surface area contributed by atoms with Gasteiger partial charge in [-0.3, -0.25) is 4.90 Å². The SMILES string of the molecule is c1cc(CN2CCCC2)cc(NCc2csnn2)c1. The molecule has 100 valence electrons. The number of aromatic nitrogens is 2. The molecule has 0 aliphatic carbocycles. The first kappa shape index (κ1) is 12.6. The van der Waals surface area contributed by atoms with Crippen LogP contribution < -0.4 is 5.32 Å². The van der Waals surface area contributed by atoms with Crippen molar-refractivity contribution in [1.29, 1.82) is 0 Å². The van der Waals surface area contributed by atoms with Crippen LogP contribution in [-0.4, -0.2) is 27.6 Å². The van der Waals surface area contributed by atoms with Crippen molar-refractivity contribution in [3.05, 3.63) is 40.9 Å². The summed E-state index contributed by atoms with van der Waals surface area (Å²) < 4.78 is 3.87. The third-order valence-electron chi connectivity index (χ3n) is 3.41. The molecule has 0 unspecified atom stereocenters. The van der Waals surface area contributed by atoms with Crippen LogP contribution in [0.15, 0.2) is 29.6 Å². The highest BCUT2D eigenvalue weighted by Crippen LogP contribution is 2.16. The van der Waals surface area contributed by atoms with E-state index in [2.05, 4.69) is 44.1 Å². The predicted octanol–water partition coefficient (Wildman–Crippen LogP) is 2.75. The maximum absolute atomic E-state index is 4.03. The lowest BCUT2D eigenvalue weighted by molar-refractivity contribution is 0.331. The molecule has 1 saturated heterocycles. The summed E-state index contributed by atoms with van der Waals surface area (Å²) in [5, 5.41) is 9.41. The molecule has 1 N–H and O–H groups in total. The minimum atomic E-state index is 0.740. The van der Waals surface area contributed by atoms with Crippen LogP contribution in [0.4, 0.5) is 5.69 Å². The zero-order valence-corrected chi connectivity index (χ0v) is 11.7. The molecular formula is C14H18N4S. The van der Waals surface area contributed by atoms with Crippen LogP contribution in [0.1, 0.15) is 24.1 Å². The molecule has 2 heterocycles. The van der Waals surface area contributed by atoms with Gasteiger partial charge in [0, 0.05) is 17.6 Å². The van der Waals surface area contributed by atoms with Gasteiger partial charge in [0.1, 0.15) is 0 Å². The quantitative estimate of drug-likeness (QED) is 0.910. The fourth-order valence-electron chi connectivity index (χ4n) is 2.43. The third-order valence-corrected chi connectivity index (χ3v) is 3.96. The molecular weight excluding hydrogens is 256 g/mol. The summed E-state index contributed by atoms with van der Waals surface area (Å²) in [6, 6.07) is 8.66. The van der Waals surface area contributed by atoms with E-state index in [1.165, 1.54) is 43.0 Å². The molecule has 1 fully saturated rings. The maximum atomic E-state index is 4.03. The lowest BCUT2D eigenvalue weighted by atomic mass is 10.2. The van der Waals surface area contributed by atoms with Crippen LogP contribution in [0.25, 0.3) is 0 Å². The monoisotopic (exact) mass is 274 g/mol. The average molecular weight is 274 g/mol. The average Bonchev–Trinajstić information content (AvgIpc) is 3.10. The summed E-state index contributed by atoms with van der Waals surface area (Å²) in [6.07, 6.45) is 2.68. The Morgan fingerprint density at radius 1 is 1.26 bits per heavy atom. The van der Waals surface area contributed by atoms with Gasteiger partial charge in [-0.25, -0.2) is 0 Å². The van der Waals surface area contributed by atoms with E-state index in [4.69, 9.17) is 0 Å². The number of anilines is 1. The van der Waals surface area contributed by atoms with Crippen molar-refractivity contribution in [2.24, 2.45) is 0 Å². The van der Waals surface area contributed by atoms with Crippen molar-refractivity contribution >= 4 is 17.2 Å². The van der Waals surface area contributed by atoms with Crippen molar-refractivity contribution in [1.82, 2.24) is 14.5 Å². The largest absolute Gasteiger partial charge is 0.379 e. The van der Waals surface area contributed by atoms with E-state index in [1.807, 2.05) is 5.38 Å². The van der Waals surface area contributed by atoms with Gasteiger partial charge in [0.2, 0.25) is 0 Å². The Bertz CT molecular complexity index is 506. The second kappa shape index (κ2) is 6.12. The lowest BCUT2D eigenvalue weighted by Crippen LogP contribution is -2.18. The Labute approximate surface area is 117 Å². The van der Waals surface area contributed by atoms with E-state index >= 15 is 0 Å². The number of nitrogens with one attached hydrogen (secondary N) is 1. The molecule has 0 amide bonds. The number of rotatable bonds is 5. The number of nitrogens with zero attached hydrogens (tertiary/aromatic N) is 3. The molecule has 2 aromatic rings. The van der Waals surface area contributed by atoms with Crippen LogP contribution in [0.2, 0.25) is 0 Å². The van der Waals surface area contributed by atoms with Crippen molar-refractivity contribution < 1.29 is 0 Å². The Balaban J connectivity index is 1.59. The Kier molecular flexibility index (Phi) is 4.05. The second-order valence-corrected chi connectivity index (χ2v) is 5.54. The van der Waals surface area contributed by atoms with Crippen LogP contribution in [0.3, 0.4) is 0 Å². The smallest absolute Gasteiger partial charge is 0.0946 e. The first-order chi connectivity index (χ1) is 9.40. The standard InChI is InChI=1S/C14H18N4S/c1-2-7-18(6-1)10-12-4-3-5-13(8-12)15-9-14-11-19-17-16-14/h3-5,8,11,15H,1-2,6-7,9-10H2. The van der Waals surface area contributed by atoms with Gasteiger partial charge in [-0.2, -0.15) is 0 Å². The zero-order chi connectivity index (χ0) is 12.9. The summed E-state index contributed by atoms with van der Waals surface area (Å²) in [6.45, 7) is 4.28. The molecule has 3 rings (SSSR count). The number of hydrogen-bond acceptors (Lipinski definition) is 5. The summed E-state index contributed by atoms with van der Waals surface area (Å²) in [4.78, 5) is 2.52. The van der Waals surface area contributed by atoms with Gasteiger partial charge in [0.15, 0.2) is 0 Å². The fourth-order valence-corrected chi connectivity index (χ4v) is 2.88. The summed E-state index contributed by atoms with van der Waals surface area (Å²) in [5.41, 5.74) is 3.53. The molecule has 1 aliphatic rings. The van der Waals surface area contributed by atoms with E-state index in [1.54, 1.807) is 0 Å². The van der Waals surface area contributed by atoms with Gasteiger partial charge in [-0.05, 0) is 55.2 Å². The predicted molar refractivity (Wildman–Crippen MR) is 78.2 cm³/mol. The minimum absolute atomic E-state index is 0.740. The Morgan fingerprint density at radius 2 is 2.16 bits per heavy atom. The van der Waals surface area contributed by atoms with Crippen LogP contribution in [0.5, 0.6) is 0 Å². The van der Waals surface area contributed by atoms with Crippen LogP contribution >= 0.6 is 11.5 Å². The van der Waals surface area contributed by atoms with Gasteiger partial charge in [-0.1, -0.05) is 16.6 Å². The molecule has 0 radical (unpaired) electrons.